The molecule has 1 aromatic carbocycles. The molecule has 1 unspecified atom stereocenters. The molecule has 0 bridgehead atoms. The molecule has 0 amide bonds. The van der Waals surface area contributed by atoms with Gasteiger partial charge in [0, 0.05) is 11.6 Å². The average molecular weight is 281 g/mol. The van der Waals surface area contributed by atoms with E-state index in [9.17, 15) is 4.39 Å². The molecule has 0 saturated carbocycles. The topological polar surface area (TPSA) is 21.3 Å². The Labute approximate surface area is 122 Å². The third kappa shape index (κ3) is 5.49. The summed E-state index contributed by atoms with van der Waals surface area (Å²) in [6, 6.07) is 5.04. The second kappa shape index (κ2) is 8.96. The Hall–Kier alpha value is -1.09. The van der Waals surface area contributed by atoms with E-state index in [1.165, 1.54) is 6.07 Å². The summed E-state index contributed by atoms with van der Waals surface area (Å²) >= 11 is 0. The van der Waals surface area contributed by atoms with Crippen molar-refractivity contribution in [3.63, 3.8) is 0 Å². The van der Waals surface area contributed by atoms with Crippen molar-refractivity contribution in [2.45, 2.75) is 53.0 Å². The van der Waals surface area contributed by atoms with Crippen molar-refractivity contribution in [3.8, 4) is 5.75 Å². The number of rotatable bonds is 9. The molecule has 1 rings (SSSR count). The predicted octanol–water partition coefficient (Wildman–Crippen LogP) is 4.70. The van der Waals surface area contributed by atoms with E-state index in [1.54, 1.807) is 6.07 Å². The summed E-state index contributed by atoms with van der Waals surface area (Å²) in [5, 5.41) is 3.32. The van der Waals surface area contributed by atoms with Gasteiger partial charge in [-0.05, 0) is 50.8 Å². The lowest BCUT2D eigenvalue weighted by molar-refractivity contribution is 0.290. The summed E-state index contributed by atoms with van der Waals surface area (Å²) in [7, 11) is 0. The van der Waals surface area contributed by atoms with Crippen LogP contribution >= 0.6 is 0 Å². The second-order valence-corrected chi connectivity index (χ2v) is 5.71. The normalized spacial score (nSPS) is 12.7. The zero-order valence-corrected chi connectivity index (χ0v) is 13.2. The molecule has 20 heavy (non-hydrogen) atoms. The van der Waals surface area contributed by atoms with Crippen molar-refractivity contribution in [1.29, 1.82) is 0 Å². The van der Waals surface area contributed by atoms with Gasteiger partial charge in [-0.1, -0.05) is 26.8 Å². The molecular formula is C17H28FNO. The van der Waals surface area contributed by atoms with E-state index in [0.29, 0.717) is 23.8 Å². The summed E-state index contributed by atoms with van der Waals surface area (Å²) in [5.41, 5.74) is 0.644. The fourth-order valence-corrected chi connectivity index (χ4v) is 2.20. The van der Waals surface area contributed by atoms with Gasteiger partial charge in [0.25, 0.3) is 0 Å². The molecule has 0 spiro atoms. The molecule has 0 aromatic heterocycles. The molecule has 0 heterocycles. The highest BCUT2D eigenvalue weighted by atomic mass is 19.1. The number of ether oxygens (including phenoxy) is 1. The second-order valence-electron chi connectivity index (χ2n) is 5.71. The molecule has 1 N–H and O–H groups in total. The predicted molar refractivity (Wildman–Crippen MR) is 82.7 cm³/mol. The molecule has 114 valence electrons. The molecule has 0 aliphatic heterocycles. The van der Waals surface area contributed by atoms with Crippen LogP contribution in [0.15, 0.2) is 18.2 Å². The van der Waals surface area contributed by atoms with Crippen molar-refractivity contribution in [2.24, 2.45) is 5.92 Å². The zero-order chi connectivity index (χ0) is 15.0. The summed E-state index contributed by atoms with van der Waals surface area (Å²) in [5.74, 6) is 1.16. The Morgan fingerprint density at radius 2 is 2.00 bits per heavy atom. The third-order valence-electron chi connectivity index (χ3n) is 3.33. The SMILES string of the molecule is CCCNC(C)c1c(F)cccc1OCCCC(C)C. The highest BCUT2D eigenvalue weighted by molar-refractivity contribution is 5.37. The monoisotopic (exact) mass is 281 g/mol. The van der Waals surface area contributed by atoms with Gasteiger partial charge in [0.2, 0.25) is 0 Å². The lowest BCUT2D eigenvalue weighted by atomic mass is 10.1. The number of hydrogen-bond acceptors (Lipinski definition) is 2. The molecule has 0 aliphatic rings. The first-order valence-corrected chi connectivity index (χ1v) is 7.70. The van der Waals surface area contributed by atoms with E-state index >= 15 is 0 Å². The van der Waals surface area contributed by atoms with Gasteiger partial charge in [0.15, 0.2) is 0 Å². The van der Waals surface area contributed by atoms with Crippen LogP contribution < -0.4 is 10.1 Å². The summed E-state index contributed by atoms with van der Waals surface area (Å²) in [6.07, 6.45) is 3.17. The van der Waals surface area contributed by atoms with Gasteiger partial charge in [-0.2, -0.15) is 0 Å². The largest absolute Gasteiger partial charge is 0.493 e. The standard InChI is InChI=1S/C17H28FNO/c1-5-11-19-14(4)17-15(18)9-6-10-16(17)20-12-7-8-13(2)3/h6,9-10,13-14,19H,5,7-8,11-12H2,1-4H3. The summed E-state index contributed by atoms with van der Waals surface area (Å²) in [4.78, 5) is 0. The Balaban J connectivity index is 2.67. The van der Waals surface area contributed by atoms with Gasteiger partial charge in [-0.3, -0.25) is 0 Å². The maximum absolute atomic E-state index is 14.0. The van der Waals surface area contributed by atoms with Crippen molar-refractivity contribution in [3.05, 3.63) is 29.6 Å². The fraction of sp³-hybridized carbons (Fsp3) is 0.647. The van der Waals surface area contributed by atoms with Gasteiger partial charge in [-0.25, -0.2) is 4.39 Å². The van der Waals surface area contributed by atoms with Crippen molar-refractivity contribution in [2.75, 3.05) is 13.2 Å². The summed E-state index contributed by atoms with van der Waals surface area (Å²) in [6.45, 7) is 10.0. The van der Waals surface area contributed by atoms with Gasteiger partial charge in [-0.15, -0.1) is 0 Å². The molecule has 3 heteroatoms. The quantitative estimate of drug-likeness (QED) is 0.662. The van der Waals surface area contributed by atoms with E-state index in [4.69, 9.17) is 4.74 Å². The number of nitrogens with one attached hydrogen (secondary N) is 1. The van der Waals surface area contributed by atoms with Crippen molar-refractivity contribution in [1.82, 2.24) is 5.32 Å². The van der Waals surface area contributed by atoms with E-state index in [0.717, 1.165) is 25.8 Å². The first kappa shape index (κ1) is 17.0. The highest BCUT2D eigenvalue weighted by Crippen LogP contribution is 2.28. The van der Waals surface area contributed by atoms with E-state index in [2.05, 4.69) is 26.1 Å². The number of halogens is 1. The van der Waals surface area contributed by atoms with E-state index < -0.39 is 0 Å². The molecule has 2 nitrogen and oxygen atoms in total. The lowest BCUT2D eigenvalue weighted by Crippen LogP contribution is -2.21. The average Bonchev–Trinajstić information content (AvgIpc) is 2.41. The van der Waals surface area contributed by atoms with Crippen molar-refractivity contribution < 1.29 is 9.13 Å². The maximum Gasteiger partial charge on any atom is 0.131 e. The first-order chi connectivity index (χ1) is 9.56. The molecule has 0 radical (unpaired) electrons. The van der Waals surface area contributed by atoms with Gasteiger partial charge in [0.1, 0.15) is 11.6 Å². The first-order valence-electron chi connectivity index (χ1n) is 7.70. The molecule has 1 atom stereocenters. The lowest BCUT2D eigenvalue weighted by Gasteiger charge is -2.19. The number of hydrogen-bond donors (Lipinski definition) is 1. The zero-order valence-electron chi connectivity index (χ0n) is 13.2. The van der Waals surface area contributed by atoms with E-state index in [1.807, 2.05) is 13.0 Å². The highest BCUT2D eigenvalue weighted by Gasteiger charge is 2.16. The van der Waals surface area contributed by atoms with Crippen LogP contribution in [0, 0.1) is 11.7 Å². The fourth-order valence-electron chi connectivity index (χ4n) is 2.20. The van der Waals surface area contributed by atoms with Crippen LogP contribution in [0.5, 0.6) is 5.75 Å². The molecule has 1 aromatic rings. The Bertz CT molecular complexity index is 393. The van der Waals surface area contributed by atoms with Crippen LogP contribution in [0.25, 0.3) is 0 Å². The molecule has 0 aliphatic carbocycles. The Kier molecular flexibility index (Phi) is 7.60. The third-order valence-corrected chi connectivity index (χ3v) is 3.33. The van der Waals surface area contributed by atoms with Gasteiger partial charge in [0.05, 0.1) is 6.61 Å². The number of benzene rings is 1. The van der Waals surface area contributed by atoms with Crippen molar-refractivity contribution >= 4 is 0 Å². The Morgan fingerprint density at radius 3 is 2.65 bits per heavy atom. The van der Waals surface area contributed by atoms with Crippen LogP contribution in [0.1, 0.15) is 58.6 Å². The minimum absolute atomic E-state index is 0.0313. The maximum atomic E-state index is 14.0. The van der Waals surface area contributed by atoms with E-state index in [-0.39, 0.29) is 11.9 Å². The minimum atomic E-state index is -0.192. The Morgan fingerprint density at radius 1 is 1.25 bits per heavy atom. The van der Waals surface area contributed by atoms with Gasteiger partial charge >= 0.3 is 0 Å². The van der Waals surface area contributed by atoms with Gasteiger partial charge < -0.3 is 10.1 Å². The van der Waals surface area contributed by atoms with Crippen LogP contribution in [0.3, 0.4) is 0 Å². The van der Waals surface area contributed by atoms with Crippen LogP contribution in [-0.4, -0.2) is 13.2 Å². The van der Waals surface area contributed by atoms with Crippen LogP contribution in [0.4, 0.5) is 4.39 Å². The van der Waals surface area contributed by atoms with Crippen LogP contribution in [-0.2, 0) is 0 Å². The smallest absolute Gasteiger partial charge is 0.131 e. The molecule has 0 fully saturated rings. The van der Waals surface area contributed by atoms with Crippen LogP contribution in [0.2, 0.25) is 0 Å². The molecule has 0 saturated heterocycles. The minimum Gasteiger partial charge on any atom is -0.493 e. The molecular weight excluding hydrogens is 253 g/mol. The summed E-state index contributed by atoms with van der Waals surface area (Å²) < 4.78 is 19.8.